The van der Waals surface area contributed by atoms with E-state index in [1.165, 1.54) is 64.5 Å². The van der Waals surface area contributed by atoms with Gasteiger partial charge in [-0.3, -0.25) is 0 Å². The van der Waals surface area contributed by atoms with Gasteiger partial charge in [-0.15, -0.1) is 0 Å². The minimum atomic E-state index is 0.585. The molecule has 112 valence electrons. The molecule has 4 unspecified atom stereocenters. The first kappa shape index (κ1) is 15.3. The van der Waals surface area contributed by atoms with Crippen molar-refractivity contribution in [2.45, 2.75) is 71.3 Å². The SMILES string of the molecule is CCCNCC1CCC(C)CC1CCC1CCCO1. The Morgan fingerprint density at radius 1 is 1.11 bits per heavy atom. The van der Waals surface area contributed by atoms with Gasteiger partial charge in [0.25, 0.3) is 0 Å². The van der Waals surface area contributed by atoms with Gasteiger partial charge in [0.2, 0.25) is 0 Å². The first-order chi connectivity index (χ1) is 9.29. The minimum Gasteiger partial charge on any atom is -0.378 e. The molecule has 0 aromatic carbocycles. The van der Waals surface area contributed by atoms with E-state index in [1.54, 1.807) is 0 Å². The van der Waals surface area contributed by atoms with Gasteiger partial charge >= 0.3 is 0 Å². The number of hydrogen-bond acceptors (Lipinski definition) is 2. The number of rotatable bonds is 7. The van der Waals surface area contributed by atoms with E-state index in [-0.39, 0.29) is 0 Å². The van der Waals surface area contributed by atoms with Crippen molar-refractivity contribution >= 4 is 0 Å². The molecule has 1 saturated heterocycles. The summed E-state index contributed by atoms with van der Waals surface area (Å²) >= 11 is 0. The van der Waals surface area contributed by atoms with E-state index in [0.29, 0.717) is 6.10 Å². The van der Waals surface area contributed by atoms with Gasteiger partial charge in [0.05, 0.1) is 6.10 Å². The smallest absolute Gasteiger partial charge is 0.0576 e. The lowest BCUT2D eigenvalue weighted by atomic mass is 9.72. The van der Waals surface area contributed by atoms with Crippen LogP contribution in [0.2, 0.25) is 0 Å². The highest BCUT2D eigenvalue weighted by molar-refractivity contribution is 4.81. The highest BCUT2D eigenvalue weighted by Crippen LogP contribution is 2.37. The summed E-state index contributed by atoms with van der Waals surface area (Å²) in [6.45, 7) is 8.13. The fourth-order valence-corrected chi connectivity index (χ4v) is 3.92. The van der Waals surface area contributed by atoms with E-state index >= 15 is 0 Å². The summed E-state index contributed by atoms with van der Waals surface area (Å²) in [5, 5.41) is 3.65. The van der Waals surface area contributed by atoms with E-state index < -0.39 is 0 Å². The van der Waals surface area contributed by atoms with Crippen LogP contribution < -0.4 is 5.32 Å². The van der Waals surface area contributed by atoms with Crippen molar-refractivity contribution in [1.29, 1.82) is 0 Å². The minimum absolute atomic E-state index is 0.585. The maximum absolute atomic E-state index is 5.79. The molecule has 19 heavy (non-hydrogen) atoms. The zero-order chi connectivity index (χ0) is 13.5. The van der Waals surface area contributed by atoms with Crippen molar-refractivity contribution in [2.75, 3.05) is 19.7 Å². The highest BCUT2D eigenvalue weighted by Gasteiger charge is 2.29. The molecule has 4 atom stereocenters. The maximum Gasteiger partial charge on any atom is 0.0576 e. The molecule has 0 aromatic heterocycles. The highest BCUT2D eigenvalue weighted by atomic mass is 16.5. The number of hydrogen-bond donors (Lipinski definition) is 1. The van der Waals surface area contributed by atoms with Crippen LogP contribution in [0.5, 0.6) is 0 Å². The van der Waals surface area contributed by atoms with Crippen LogP contribution in [0.3, 0.4) is 0 Å². The molecule has 0 aromatic rings. The molecule has 1 aliphatic carbocycles. The van der Waals surface area contributed by atoms with Crippen LogP contribution in [-0.4, -0.2) is 25.8 Å². The summed E-state index contributed by atoms with van der Waals surface area (Å²) < 4.78 is 5.79. The van der Waals surface area contributed by atoms with Crippen LogP contribution >= 0.6 is 0 Å². The van der Waals surface area contributed by atoms with Crippen LogP contribution in [0.1, 0.15) is 65.2 Å². The number of ether oxygens (including phenoxy) is 1. The standard InChI is InChI=1S/C17H33NO/c1-3-10-18-13-16-7-6-14(2)12-15(16)8-9-17-5-4-11-19-17/h14-18H,3-13H2,1-2H3. The molecule has 1 N–H and O–H groups in total. The van der Waals surface area contributed by atoms with Gasteiger partial charge in [-0.25, -0.2) is 0 Å². The van der Waals surface area contributed by atoms with Gasteiger partial charge in [0, 0.05) is 6.61 Å². The summed E-state index contributed by atoms with van der Waals surface area (Å²) in [4.78, 5) is 0. The van der Waals surface area contributed by atoms with E-state index in [9.17, 15) is 0 Å². The molecule has 2 aliphatic rings. The zero-order valence-electron chi connectivity index (χ0n) is 13.0. The molecule has 1 saturated carbocycles. The first-order valence-corrected chi connectivity index (χ1v) is 8.62. The molecule has 1 aliphatic heterocycles. The summed E-state index contributed by atoms with van der Waals surface area (Å²) in [6, 6.07) is 0. The summed E-state index contributed by atoms with van der Waals surface area (Å²) in [6.07, 6.45) is 11.5. The molecular formula is C17H33NO. The van der Waals surface area contributed by atoms with Crippen LogP contribution in [0.15, 0.2) is 0 Å². The summed E-state index contributed by atoms with van der Waals surface area (Å²) in [5.41, 5.74) is 0. The van der Waals surface area contributed by atoms with Crippen molar-refractivity contribution in [3.8, 4) is 0 Å². The van der Waals surface area contributed by atoms with E-state index in [2.05, 4.69) is 19.2 Å². The van der Waals surface area contributed by atoms with Gasteiger partial charge in [-0.1, -0.05) is 20.3 Å². The van der Waals surface area contributed by atoms with Gasteiger partial charge in [-0.05, 0) is 75.8 Å². The van der Waals surface area contributed by atoms with Gasteiger partial charge in [0.1, 0.15) is 0 Å². The van der Waals surface area contributed by atoms with Crippen molar-refractivity contribution in [3.63, 3.8) is 0 Å². The third kappa shape index (κ3) is 5.07. The molecule has 0 amide bonds. The third-order valence-corrected chi connectivity index (χ3v) is 5.12. The Hall–Kier alpha value is -0.0800. The lowest BCUT2D eigenvalue weighted by Gasteiger charge is -2.35. The molecule has 2 heteroatoms. The largest absolute Gasteiger partial charge is 0.378 e. The number of nitrogens with one attached hydrogen (secondary N) is 1. The quantitative estimate of drug-likeness (QED) is 0.704. The fraction of sp³-hybridized carbons (Fsp3) is 1.00. The molecule has 1 heterocycles. The van der Waals surface area contributed by atoms with Crippen molar-refractivity contribution in [2.24, 2.45) is 17.8 Å². The second kappa shape index (κ2) is 8.26. The van der Waals surface area contributed by atoms with E-state index in [1.807, 2.05) is 0 Å². The molecule has 0 radical (unpaired) electrons. The van der Waals surface area contributed by atoms with Gasteiger partial charge in [0.15, 0.2) is 0 Å². The van der Waals surface area contributed by atoms with E-state index in [0.717, 1.165) is 24.4 Å². The van der Waals surface area contributed by atoms with Gasteiger partial charge in [-0.2, -0.15) is 0 Å². The molecule has 2 nitrogen and oxygen atoms in total. The van der Waals surface area contributed by atoms with Crippen molar-refractivity contribution in [1.82, 2.24) is 5.32 Å². The second-order valence-electron chi connectivity index (χ2n) is 6.85. The normalized spacial score (nSPS) is 35.7. The van der Waals surface area contributed by atoms with Crippen LogP contribution in [0.25, 0.3) is 0 Å². The predicted molar refractivity (Wildman–Crippen MR) is 81.4 cm³/mol. The topological polar surface area (TPSA) is 21.3 Å². The van der Waals surface area contributed by atoms with Crippen LogP contribution in [0.4, 0.5) is 0 Å². The average molecular weight is 267 g/mol. The third-order valence-electron chi connectivity index (χ3n) is 5.12. The fourth-order valence-electron chi connectivity index (χ4n) is 3.92. The Kier molecular flexibility index (Phi) is 6.66. The summed E-state index contributed by atoms with van der Waals surface area (Å²) in [7, 11) is 0. The molecule has 2 fully saturated rings. The lowest BCUT2D eigenvalue weighted by Crippen LogP contribution is -2.33. The zero-order valence-corrected chi connectivity index (χ0v) is 13.0. The van der Waals surface area contributed by atoms with Crippen LogP contribution in [0, 0.1) is 17.8 Å². The monoisotopic (exact) mass is 267 g/mol. The Balaban J connectivity index is 1.74. The average Bonchev–Trinajstić information content (AvgIpc) is 2.92. The first-order valence-electron chi connectivity index (χ1n) is 8.62. The lowest BCUT2D eigenvalue weighted by molar-refractivity contribution is 0.0854. The molecular weight excluding hydrogens is 234 g/mol. The second-order valence-corrected chi connectivity index (χ2v) is 6.85. The van der Waals surface area contributed by atoms with Crippen LogP contribution in [-0.2, 0) is 4.74 Å². The Bertz CT molecular complexity index is 237. The molecule has 2 rings (SSSR count). The molecule has 0 bridgehead atoms. The Morgan fingerprint density at radius 2 is 2.00 bits per heavy atom. The Morgan fingerprint density at radius 3 is 2.74 bits per heavy atom. The Labute approximate surface area is 119 Å². The maximum atomic E-state index is 5.79. The van der Waals surface area contributed by atoms with E-state index in [4.69, 9.17) is 4.74 Å². The predicted octanol–water partition coefficient (Wildman–Crippen LogP) is 4.00. The van der Waals surface area contributed by atoms with Crippen molar-refractivity contribution in [3.05, 3.63) is 0 Å². The molecule has 0 spiro atoms. The summed E-state index contributed by atoms with van der Waals surface area (Å²) in [5.74, 6) is 2.80. The van der Waals surface area contributed by atoms with Crippen molar-refractivity contribution < 1.29 is 4.74 Å². The van der Waals surface area contributed by atoms with Gasteiger partial charge < -0.3 is 10.1 Å².